The van der Waals surface area contributed by atoms with Crippen LogP contribution < -0.4 is 0 Å². The molecule has 0 heteroatoms. The molecule has 0 fully saturated rings. The highest BCUT2D eigenvalue weighted by atomic mass is 14.1. The van der Waals surface area contributed by atoms with Crippen LogP contribution in [0.2, 0.25) is 0 Å². The van der Waals surface area contributed by atoms with Crippen LogP contribution in [0.1, 0.15) is 51.7 Å². The lowest BCUT2D eigenvalue weighted by Gasteiger charge is -2.07. The van der Waals surface area contributed by atoms with Gasteiger partial charge in [-0.3, -0.25) is 0 Å². The molecule has 0 N–H and O–H groups in total. The molecular weight excluding hydrogens is 192 g/mol. The minimum Gasteiger partial charge on any atom is -0.0912 e. The number of benzene rings is 1. The summed E-state index contributed by atoms with van der Waals surface area (Å²) in [5, 5.41) is 0. The summed E-state index contributed by atoms with van der Waals surface area (Å²) in [5.74, 6) is 0.577. The summed E-state index contributed by atoms with van der Waals surface area (Å²) in [7, 11) is 0. The van der Waals surface area contributed by atoms with E-state index in [0.717, 1.165) is 5.57 Å². The van der Waals surface area contributed by atoms with E-state index in [9.17, 15) is 0 Å². The molecular formula is C16H24. The Morgan fingerprint density at radius 1 is 1.25 bits per heavy atom. The minimum absolute atomic E-state index is 0.577. The molecule has 0 atom stereocenters. The van der Waals surface area contributed by atoms with Crippen LogP contribution >= 0.6 is 0 Å². The molecule has 0 bridgehead atoms. The van der Waals surface area contributed by atoms with Gasteiger partial charge in [0.25, 0.3) is 0 Å². The zero-order valence-electron chi connectivity index (χ0n) is 11.2. The predicted molar refractivity (Wildman–Crippen MR) is 75.7 cm³/mol. The molecule has 0 saturated carbocycles. The van der Waals surface area contributed by atoms with Crippen LogP contribution in [-0.4, -0.2) is 0 Å². The van der Waals surface area contributed by atoms with E-state index in [1.165, 1.54) is 11.1 Å². The fourth-order valence-corrected chi connectivity index (χ4v) is 1.39. The van der Waals surface area contributed by atoms with Crippen molar-refractivity contribution in [3.05, 3.63) is 54.1 Å². The number of allylic oxidation sites excluding steroid dienone is 3. The third kappa shape index (κ3) is 4.48. The topological polar surface area (TPSA) is 0 Å². The highest BCUT2D eigenvalue weighted by Crippen LogP contribution is 2.20. The zero-order chi connectivity index (χ0) is 12.6. The quantitative estimate of drug-likeness (QED) is 0.591. The van der Waals surface area contributed by atoms with E-state index in [0.29, 0.717) is 5.92 Å². The van der Waals surface area contributed by atoms with Crippen LogP contribution in [0.25, 0.3) is 5.57 Å². The second-order valence-corrected chi connectivity index (χ2v) is 3.81. The Kier molecular flexibility index (Phi) is 7.28. The fourth-order valence-electron chi connectivity index (χ4n) is 1.39. The largest absolute Gasteiger partial charge is 0.0912 e. The Balaban J connectivity index is 0.00000106. The summed E-state index contributed by atoms with van der Waals surface area (Å²) in [5.41, 5.74) is 3.66. The molecule has 0 spiro atoms. The van der Waals surface area contributed by atoms with Gasteiger partial charge in [-0.15, -0.1) is 0 Å². The van der Waals surface area contributed by atoms with Gasteiger partial charge in [0.05, 0.1) is 0 Å². The van der Waals surface area contributed by atoms with E-state index >= 15 is 0 Å². The first-order valence-electron chi connectivity index (χ1n) is 6.07. The Morgan fingerprint density at radius 2 is 1.88 bits per heavy atom. The van der Waals surface area contributed by atoms with E-state index in [-0.39, 0.29) is 0 Å². The highest BCUT2D eigenvalue weighted by Gasteiger charge is 2.00. The van der Waals surface area contributed by atoms with Gasteiger partial charge in [-0.1, -0.05) is 70.7 Å². The molecule has 0 aromatic heterocycles. The van der Waals surface area contributed by atoms with E-state index in [1.807, 2.05) is 32.9 Å². The molecule has 0 heterocycles. The van der Waals surface area contributed by atoms with Crippen LogP contribution in [-0.2, 0) is 0 Å². The zero-order valence-corrected chi connectivity index (χ0v) is 11.2. The van der Waals surface area contributed by atoms with Crippen molar-refractivity contribution in [1.82, 2.24) is 0 Å². The molecule has 0 aliphatic rings. The molecule has 0 aliphatic carbocycles. The van der Waals surface area contributed by atoms with E-state index < -0.39 is 0 Å². The standard InChI is InChI=1S/C14H18.C2H6/c1-5-7-12(4)14-9-6-8-13(10-14)11(2)3;1-2/h5-11H,4H2,1-3H3;1-2H3/b7-5-;. The maximum Gasteiger partial charge on any atom is -0.0187 e. The number of hydrogen-bond acceptors (Lipinski definition) is 0. The van der Waals surface area contributed by atoms with E-state index in [1.54, 1.807) is 0 Å². The molecule has 1 aromatic carbocycles. The molecule has 16 heavy (non-hydrogen) atoms. The first-order valence-corrected chi connectivity index (χ1v) is 6.07. The monoisotopic (exact) mass is 216 g/mol. The van der Waals surface area contributed by atoms with Crippen molar-refractivity contribution in [2.45, 2.75) is 40.5 Å². The van der Waals surface area contributed by atoms with Gasteiger partial charge in [0.2, 0.25) is 0 Å². The van der Waals surface area contributed by atoms with Crippen molar-refractivity contribution < 1.29 is 0 Å². The molecule has 1 aromatic rings. The van der Waals surface area contributed by atoms with Gasteiger partial charge in [0.1, 0.15) is 0 Å². The Morgan fingerprint density at radius 3 is 2.38 bits per heavy atom. The van der Waals surface area contributed by atoms with Gasteiger partial charge in [-0.25, -0.2) is 0 Å². The van der Waals surface area contributed by atoms with Crippen molar-refractivity contribution >= 4 is 5.57 Å². The van der Waals surface area contributed by atoms with Crippen molar-refractivity contribution in [2.75, 3.05) is 0 Å². The summed E-state index contributed by atoms with van der Waals surface area (Å²) in [6.07, 6.45) is 4.06. The molecule has 1 rings (SSSR count). The third-order valence-corrected chi connectivity index (χ3v) is 2.29. The molecule has 0 nitrogen and oxygen atoms in total. The maximum absolute atomic E-state index is 4.03. The van der Waals surface area contributed by atoms with Crippen molar-refractivity contribution in [3.63, 3.8) is 0 Å². The lowest BCUT2D eigenvalue weighted by Crippen LogP contribution is -1.88. The van der Waals surface area contributed by atoms with Crippen molar-refractivity contribution in [2.24, 2.45) is 0 Å². The van der Waals surface area contributed by atoms with Crippen molar-refractivity contribution in [1.29, 1.82) is 0 Å². The first kappa shape index (κ1) is 14.7. The summed E-state index contributed by atoms with van der Waals surface area (Å²) >= 11 is 0. The van der Waals surface area contributed by atoms with Gasteiger partial charge in [-0.05, 0) is 29.5 Å². The molecule has 0 unspecified atom stereocenters. The van der Waals surface area contributed by atoms with Crippen molar-refractivity contribution in [3.8, 4) is 0 Å². The van der Waals surface area contributed by atoms with Gasteiger partial charge < -0.3 is 0 Å². The van der Waals surface area contributed by atoms with Gasteiger partial charge in [0, 0.05) is 0 Å². The van der Waals surface area contributed by atoms with Crippen LogP contribution in [0, 0.1) is 0 Å². The lowest BCUT2D eigenvalue weighted by molar-refractivity contribution is 0.866. The van der Waals surface area contributed by atoms with Crippen LogP contribution in [0.3, 0.4) is 0 Å². The normalized spacial score (nSPS) is 10.1. The summed E-state index contributed by atoms with van der Waals surface area (Å²) in [4.78, 5) is 0. The number of rotatable bonds is 3. The highest BCUT2D eigenvalue weighted by molar-refractivity contribution is 5.72. The second-order valence-electron chi connectivity index (χ2n) is 3.81. The van der Waals surface area contributed by atoms with E-state index in [2.05, 4.69) is 44.7 Å². The van der Waals surface area contributed by atoms with Gasteiger partial charge in [0.15, 0.2) is 0 Å². The summed E-state index contributed by atoms with van der Waals surface area (Å²) in [6.45, 7) is 14.5. The molecule has 0 amide bonds. The Labute approximate surface area is 101 Å². The fraction of sp³-hybridized carbons (Fsp3) is 0.375. The average molecular weight is 216 g/mol. The van der Waals surface area contributed by atoms with Crippen LogP contribution in [0.5, 0.6) is 0 Å². The SMILES string of the molecule is C=C(/C=C\C)c1cccc(C(C)C)c1.CC. The summed E-state index contributed by atoms with van der Waals surface area (Å²) < 4.78 is 0. The molecule has 0 aliphatic heterocycles. The number of hydrogen-bond donors (Lipinski definition) is 0. The summed E-state index contributed by atoms with van der Waals surface area (Å²) in [6, 6.07) is 8.58. The lowest BCUT2D eigenvalue weighted by atomic mass is 9.98. The maximum atomic E-state index is 4.03. The molecule has 88 valence electrons. The smallest absolute Gasteiger partial charge is 0.0187 e. The third-order valence-electron chi connectivity index (χ3n) is 2.29. The average Bonchev–Trinajstić information content (AvgIpc) is 2.32. The molecule has 0 saturated heterocycles. The van der Waals surface area contributed by atoms with Crippen LogP contribution in [0.15, 0.2) is 43.0 Å². The second kappa shape index (κ2) is 7.92. The first-order chi connectivity index (χ1) is 7.65. The Hall–Kier alpha value is -1.30. The molecule has 0 radical (unpaired) electrons. The van der Waals surface area contributed by atoms with Gasteiger partial charge >= 0.3 is 0 Å². The Bertz CT molecular complexity index is 343. The minimum atomic E-state index is 0.577. The van der Waals surface area contributed by atoms with E-state index in [4.69, 9.17) is 0 Å². The predicted octanol–water partition coefficient (Wildman–Crippen LogP) is 5.43. The van der Waals surface area contributed by atoms with Gasteiger partial charge in [-0.2, -0.15) is 0 Å². The van der Waals surface area contributed by atoms with Crippen LogP contribution in [0.4, 0.5) is 0 Å².